The fraction of sp³-hybridized carbons (Fsp3) is 0.846. The van der Waals surface area contributed by atoms with Crippen molar-refractivity contribution in [3.63, 3.8) is 0 Å². The first-order valence-electron chi connectivity index (χ1n) is 8.28. The van der Waals surface area contributed by atoms with Crippen LogP contribution in [-0.4, -0.2) is 36.4 Å². The number of hydrogen-bond donors (Lipinski definition) is 0. The van der Waals surface area contributed by atoms with E-state index in [4.69, 9.17) is 16.5 Å². The Hall–Kier alpha value is 0.448. The van der Waals surface area contributed by atoms with Gasteiger partial charge in [-0.2, -0.15) is 0 Å². The Morgan fingerprint density at radius 3 is 2.19 bits per heavy atom. The lowest BCUT2D eigenvalue weighted by Crippen LogP contribution is -2.53. The summed E-state index contributed by atoms with van der Waals surface area (Å²) in [5.41, 5.74) is 0. The predicted octanol–water partition coefficient (Wildman–Crippen LogP) is 2.29. The second-order valence-corrected chi connectivity index (χ2v) is 17.2. The van der Waals surface area contributed by atoms with E-state index in [0.29, 0.717) is 0 Å². The van der Waals surface area contributed by atoms with Crippen molar-refractivity contribution in [3.8, 4) is 0 Å². The first kappa shape index (κ1) is 16.3. The zero-order chi connectivity index (χ0) is 15.0. The predicted molar refractivity (Wildman–Crippen MR) is 93.3 cm³/mol. The van der Waals surface area contributed by atoms with Crippen LogP contribution in [0.5, 0.6) is 0 Å². The minimum atomic E-state index is -2.10. The van der Waals surface area contributed by atoms with Crippen LogP contribution in [0.4, 0.5) is 0 Å². The summed E-state index contributed by atoms with van der Waals surface area (Å²) in [4.78, 5) is 0. The zero-order valence-electron chi connectivity index (χ0n) is 13.6. The molecular formula is C13H28O4Si4. The summed E-state index contributed by atoms with van der Waals surface area (Å²) in [6.07, 6.45) is 8.87. The van der Waals surface area contributed by atoms with E-state index in [1.54, 1.807) is 0 Å². The molecule has 0 spiro atoms. The van der Waals surface area contributed by atoms with Crippen LogP contribution in [0.2, 0.25) is 32.2 Å². The van der Waals surface area contributed by atoms with E-state index in [9.17, 15) is 0 Å². The van der Waals surface area contributed by atoms with Crippen LogP contribution < -0.4 is 0 Å². The second-order valence-electron chi connectivity index (χ2n) is 6.92. The van der Waals surface area contributed by atoms with E-state index < -0.39 is 36.4 Å². The zero-order valence-corrected chi connectivity index (χ0v) is 18.0. The highest BCUT2D eigenvalue weighted by atomic mass is 28.5. The molecule has 5 unspecified atom stereocenters. The molecule has 120 valence electrons. The Labute approximate surface area is 134 Å². The first-order chi connectivity index (χ1) is 9.93. The second kappa shape index (κ2) is 6.52. The summed E-state index contributed by atoms with van der Waals surface area (Å²) in [5.74, 6) is 2.53. The lowest BCUT2D eigenvalue weighted by molar-refractivity contribution is 0.270. The summed E-state index contributed by atoms with van der Waals surface area (Å²) < 4.78 is 24.7. The molecule has 2 bridgehead atoms. The molecule has 5 atom stereocenters. The van der Waals surface area contributed by atoms with E-state index >= 15 is 0 Å². The van der Waals surface area contributed by atoms with Crippen LogP contribution in [-0.2, 0) is 16.5 Å². The molecule has 0 aromatic heterocycles. The molecule has 3 aliphatic rings. The molecule has 1 saturated carbocycles. The van der Waals surface area contributed by atoms with Crippen LogP contribution >= 0.6 is 0 Å². The molecule has 8 heteroatoms. The lowest BCUT2D eigenvalue weighted by Gasteiger charge is -2.37. The van der Waals surface area contributed by atoms with Gasteiger partial charge < -0.3 is 16.5 Å². The molecule has 21 heavy (non-hydrogen) atoms. The third kappa shape index (κ3) is 4.05. The van der Waals surface area contributed by atoms with Crippen molar-refractivity contribution < 1.29 is 16.5 Å². The van der Waals surface area contributed by atoms with E-state index in [1.165, 1.54) is 19.3 Å². The Morgan fingerprint density at radius 1 is 1.00 bits per heavy atom. The van der Waals surface area contributed by atoms with E-state index in [2.05, 4.69) is 38.3 Å². The summed E-state index contributed by atoms with van der Waals surface area (Å²) in [7, 11) is -6.76. The Bertz CT molecular complexity index is 394. The molecule has 1 saturated heterocycles. The minimum Gasteiger partial charge on any atom is -0.420 e. The SMILES string of the molecule is C[SiH]1O[SiH](C)O[Si](C)(CCC2CC3C=CC2C3)O[SiH](C)O1. The Kier molecular flexibility index (Phi) is 5.06. The van der Waals surface area contributed by atoms with Gasteiger partial charge in [0.05, 0.1) is 0 Å². The topological polar surface area (TPSA) is 36.9 Å². The summed E-state index contributed by atoms with van der Waals surface area (Å²) in [5, 5.41) is 0. The van der Waals surface area contributed by atoms with Crippen molar-refractivity contribution in [2.45, 2.75) is 51.5 Å². The van der Waals surface area contributed by atoms with Crippen LogP contribution in [0.3, 0.4) is 0 Å². The van der Waals surface area contributed by atoms with Gasteiger partial charge in [0, 0.05) is 0 Å². The van der Waals surface area contributed by atoms with Crippen LogP contribution in [0.25, 0.3) is 0 Å². The molecular weight excluding hydrogens is 332 g/mol. The van der Waals surface area contributed by atoms with Crippen molar-refractivity contribution in [1.29, 1.82) is 0 Å². The molecule has 0 amide bonds. The standard InChI is InChI=1S/C13H28O4Si4/c1-18-14-19(2)16-21(4,17-20(3)15-18)8-7-13-10-11-5-6-12(13)9-11/h5-6,11-13,18-20H,7-10H2,1-4H3. The monoisotopic (exact) mass is 360 g/mol. The highest BCUT2D eigenvalue weighted by Gasteiger charge is 2.42. The van der Waals surface area contributed by atoms with Gasteiger partial charge in [0.2, 0.25) is 0 Å². The Morgan fingerprint density at radius 2 is 1.67 bits per heavy atom. The molecule has 4 nitrogen and oxygen atoms in total. The third-order valence-electron chi connectivity index (χ3n) is 4.98. The normalized spacial score (nSPS) is 50.1. The van der Waals surface area contributed by atoms with Crippen LogP contribution in [0.1, 0.15) is 19.3 Å². The summed E-state index contributed by atoms with van der Waals surface area (Å²) in [6.45, 7) is 8.57. The van der Waals surface area contributed by atoms with Crippen molar-refractivity contribution >= 4 is 36.4 Å². The summed E-state index contributed by atoms with van der Waals surface area (Å²) >= 11 is 0. The van der Waals surface area contributed by atoms with Crippen molar-refractivity contribution in [3.05, 3.63) is 12.2 Å². The Balaban J connectivity index is 1.57. The fourth-order valence-corrected chi connectivity index (χ4v) is 18.9. The van der Waals surface area contributed by atoms with Gasteiger partial charge in [0.25, 0.3) is 27.9 Å². The van der Waals surface area contributed by atoms with Crippen LogP contribution in [0.15, 0.2) is 12.2 Å². The van der Waals surface area contributed by atoms with Gasteiger partial charge in [0.1, 0.15) is 0 Å². The maximum absolute atomic E-state index is 6.36. The molecule has 2 aliphatic carbocycles. The molecule has 2 fully saturated rings. The van der Waals surface area contributed by atoms with Gasteiger partial charge >= 0.3 is 8.56 Å². The van der Waals surface area contributed by atoms with E-state index in [1.807, 2.05) is 0 Å². The van der Waals surface area contributed by atoms with Gasteiger partial charge in [-0.3, -0.25) is 0 Å². The number of fused-ring (bicyclic) bond motifs is 2. The largest absolute Gasteiger partial charge is 0.420 e. The highest BCUT2D eigenvalue weighted by molar-refractivity contribution is 6.81. The van der Waals surface area contributed by atoms with Gasteiger partial charge in [-0.25, -0.2) is 0 Å². The van der Waals surface area contributed by atoms with Gasteiger partial charge in [-0.15, -0.1) is 0 Å². The number of rotatable bonds is 3. The first-order valence-corrected chi connectivity index (χ1v) is 17.1. The number of allylic oxidation sites excluding steroid dienone is 2. The van der Waals surface area contributed by atoms with Gasteiger partial charge in [0.15, 0.2) is 0 Å². The summed E-state index contributed by atoms with van der Waals surface area (Å²) in [6, 6.07) is 1.10. The van der Waals surface area contributed by atoms with E-state index in [0.717, 1.165) is 23.8 Å². The molecule has 0 radical (unpaired) electrons. The van der Waals surface area contributed by atoms with E-state index in [-0.39, 0.29) is 0 Å². The van der Waals surface area contributed by atoms with Crippen molar-refractivity contribution in [2.24, 2.45) is 17.8 Å². The average Bonchev–Trinajstić information content (AvgIpc) is 2.96. The molecule has 0 aromatic rings. The minimum absolute atomic E-state index is 0.824. The fourth-order valence-electron chi connectivity index (χ4n) is 4.15. The maximum Gasteiger partial charge on any atom is 0.317 e. The van der Waals surface area contributed by atoms with Crippen LogP contribution in [0, 0.1) is 17.8 Å². The molecule has 1 aliphatic heterocycles. The molecule has 0 N–H and O–H groups in total. The molecule has 1 heterocycles. The smallest absolute Gasteiger partial charge is 0.317 e. The molecule has 0 aromatic carbocycles. The van der Waals surface area contributed by atoms with Crippen molar-refractivity contribution in [1.82, 2.24) is 0 Å². The quantitative estimate of drug-likeness (QED) is 0.571. The van der Waals surface area contributed by atoms with Gasteiger partial charge in [-0.1, -0.05) is 12.2 Å². The molecule has 3 rings (SSSR count). The highest BCUT2D eigenvalue weighted by Crippen LogP contribution is 2.46. The lowest BCUT2D eigenvalue weighted by atomic mass is 9.91. The number of hydrogen-bond acceptors (Lipinski definition) is 4. The maximum atomic E-state index is 6.36. The van der Waals surface area contributed by atoms with Gasteiger partial charge in [-0.05, 0) is 69.2 Å². The third-order valence-corrected chi connectivity index (χ3v) is 19.0. The van der Waals surface area contributed by atoms with Crippen molar-refractivity contribution in [2.75, 3.05) is 0 Å². The average molecular weight is 361 g/mol.